The van der Waals surface area contributed by atoms with Crippen LogP contribution < -0.4 is 15.4 Å². The third kappa shape index (κ3) is 5.32. The van der Waals surface area contributed by atoms with Gasteiger partial charge in [0.1, 0.15) is 5.75 Å². The molecule has 0 aromatic heterocycles. The summed E-state index contributed by atoms with van der Waals surface area (Å²) >= 11 is 8.56. The van der Waals surface area contributed by atoms with Gasteiger partial charge in [-0.15, -0.1) is 0 Å². The van der Waals surface area contributed by atoms with E-state index in [-0.39, 0.29) is 17.6 Å². The third-order valence-corrected chi connectivity index (χ3v) is 4.08. The fourth-order valence-electron chi connectivity index (χ4n) is 2.19. The standard InChI is InChI=1S/C18H19BrN2O2S/c1-11-4-6-15(12(2)8-11)20-18(24)21-17(22)10-23-16-7-5-14(19)9-13(16)3/h4-9H,10H2,1-3H3,(H2,20,21,22,24). The van der Waals surface area contributed by atoms with Gasteiger partial charge in [-0.1, -0.05) is 33.6 Å². The highest BCUT2D eigenvalue weighted by molar-refractivity contribution is 9.10. The van der Waals surface area contributed by atoms with Crippen molar-refractivity contribution < 1.29 is 9.53 Å². The number of benzene rings is 2. The highest BCUT2D eigenvalue weighted by Crippen LogP contribution is 2.22. The second-order valence-corrected chi connectivity index (χ2v) is 6.84. The van der Waals surface area contributed by atoms with Crippen molar-refractivity contribution in [3.63, 3.8) is 0 Å². The summed E-state index contributed by atoms with van der Waals surface area (Å²) in [5.74, 6) is 0.362. The molecule has 1 amide bonds. The van der Waals surface area contributed by atoms with Crippen molar-refractivity contribution >= 4 is 44.9 Å². The number of thiocarbonyl (C=S) groups is 1. The smallest absolute Gasteiger partial charge is 0.264 e. The zero-order valence-corrected chi connectivity index (χ0v) is 16.2. The predicted molar refractivity (Wildman–Crippen MR) is 105 cm³/mol. The highest BCUT2D eigenvalue weighted by Gasteiger charge is 2.08. The number of rotatable bonds is 4. The number of hydrogen-bond acceptors (Lipinski definition) is 3. The van der Waals surface area contributed by atoms with Gasteiger partial charge in [-0.2, -0.15) is 0 Å². The molecule has 0 aliphatic carbocycles. The summed E-state index contributed by atoms with van der Waals surface area (Å²) in [6, 6.07) is 11.6. The average molecular weight is 407 g/mol. The van der Waals surface area contributed by atoms with E-state index in [1.54, 1.807) is 0 Å². The molecule has 0 spiro atoms. The fraction of sp³-hybridized carbons (Fsp3) is 0.222. The molecular formula is C18H19BrN2O2S. The molecule has 0 saturated carbocycles. The Kier molecular flexibility index (Phi) is 6.34. The monoisotopic (exact) mass is 406 g/mol. The van der Waals surface area contributed by atoms with Crippen LogP contribution in [0.1, 0.15) is 16.7 Å². The largest absolute Gasteiger partial charge is 0.483 e. The van der Waals surface area contributed by atoms with Crippen LogP contribution >= 0.6 is 28.1 Å². The van der Waals surface area contributed by atoms with E-state index in [9.17, 15) is 4.79 Å². The van der Waals surface area contributed by atoms with Crippen molar-refractivity contribution in [1.29, 1.82) is 0 Å². The quantitative estimate of drug-likeness (QED) is 0.744. The molecule has 0 atom stereocenters. The molecule has 126 valence electrons. The van der Waals surface area contributed by atoms with Crippen LogP contribution in [0, 0.1) is 20.8 Å². The average Bonchev–Trinajstić information content (AvgIpc) is 2.49. The van der Waals surface area contributed by atoms with Gasteiger partial charge in [0.05, 0.1) is 0 Å². The first-order chi connectivity index (χ1) is 11.3. The zero-order valence-electron chi connectivity index (χ0n) is 13.8. The summed E-state index contributed by atoms with van der Waals surface area (Å²) in [6.45, 7) is 5.83. The van der Waals surface area contributed by atoms with E-state index in [0.29, 0.717) is 5.75 Å². The lowest BCUT2D eigenvalue weighted by Gasteiger charge is -2.13. The van der Waals surface area contributed by atoms with Gasteiger partial charge in [-0.3, -0.25) is 10.1 Å². The topological polar surface area (TPSA) is 50.4 Å². The Labute approximate surface area is 155 Å². The minimum Gasteiger partial charge on any atom is -0.483 e. The summed E-state index contributed by atoms with van der Waals surface area (Å²) in [7, 11) is 0. The molecular weight excluding hydrogens is 388 g/mol. The molecule has 0 aliphatic rings. The van der Waals surface area contributed by atoms with Crippen molar-refractivity contribution in [2.75, 3.05) is 11.9 Å². The number of ether oxygens (including phenoxy) is 1. The maximum Gasteiger partial charge on any atom is 0.264 e. The number of nitrogens with one attached hydrogen (secondary N) is 2. The van der Waals surface area contributed by atoms with Gasteiger partial charge in [0.15, 0.2) is 11.7 Å². The second kappa shape index (κ2) is 8.26. The van der Waals surface area contributed by atoms with Crippen LogP contribution in [0.15, 0.2) is 40.9 Å². The van der Waals surface area contributed by atoms with E-state index in [2.05, 4.69) is 26.6 Å². The van der Waals surface area contributed by atoms with Crippen LogP contribution in [0.5, 0.6) is 5.75 Å². The summed E-state index contributed by atoms with van der Waals surface area (Å²) in [5.41, 5.74) is 4.06. The molecule has 2 rings (SSSR count). The Balaban J connectivity index is 1.86. The van der Waals surface area contributed by atoms with Crippen molar-refractivity contribution in [3.8, 4) is 5.75 Å². The molecule has 0 saturated heterocycles. The minimum atomic E-state index is -0.306. The van der Waals surface area contributed by atoms with Crippen molar-refractivity contribution in [2.24, 2.45) is 0 Å². The Bertz CT molecular complexity index is 778. The lowest BCUT2D eigenvalue weighted by Crippen LogP contribution is -2.37. The molecule has 2 N–H and O–H groups in total. The van der Waals surface area contributed by atoms with Gasteiger partial charge in [0, 0.05) is 10.2 Å². The molecule has 0 unspecified atom stereocenters. The van der Waals surface area contributed by atoms with E-state index in [1.807, 2.05) is 57.2 Å². The normalized spacial score (nSPS) is 10.2. The summed E-state index contributed by atoms with van der Waals surface area (Å²) in [5, 5.41) is 5.89. The number of anilines is 1. The molecule has 0 aliphatic heterocycles. The Morgan fingerprint density at radius 1 is 1.12 bits per heavy atom. The van der Waals surface area contributed by atoms with E-state index < -0.39 is 0 Å². The first kappa shape index (κ1) is 18.4. The van der Waals surface area contributed by atoms with E-state index >= 15 is 0 Å². The van der Waals surface area contributed by atoms with Crippen molar-refractivity contribution in [2.45, 2.75) is 20.8 Å². The summed E-state index contributed by atoms with van der Waals surface area (Å²) in [6.07, 6.45) is 0. The zero-order chi connectivity index (χ0) is 17.7. The molecule has 0 fully saturated rings. The van der Waals surface area contributed by atoms with Crippen LogP contribution in [0.3, 0.4) is 0 Å². The molecule has 24 heavy (non-hydrogen) atoms. The SMILES string of the molecule is Cc1ccc(NC(=S)NC(=O)COc2ccc(Br)cc2C)c(C)c1. The molecule has 6 heteroatoms. The molecule has 0 radical (unpaired) electrons. The van der Waals surface area contributed by atoms with Crippen molar-refractivity contribution in [1.82, 2.24) is 5.32 Å². The Morgan fingerprint density at radius 2 is 1.88 bits per heavy atom. The lowest BCUT2D eigenvalue weighted by molar-refractivity contribution is -0.121. The number of aryl methyl sites for hydroxylation is 3. The first-order valence-electron chi connectivity index (χ1n) is 7.42. The third-order valence-electron chi connectivity index (χ3n) is 3.38. The summed E-state index contributed by atoms with van der Waals surface area (Å²) < 4.78 is 6.49. The van der Waals surface area contributed by atoms with Crippen LogP contribution in [-0.2, 0) is 4.79 Å². The minimum absolute atomic E-state index is 0.100. The predicted octanol–water partition coefficient (Wildman–Crippen LogP) is 4.27. The number of carbonyl (C=O) groups excluding carboxylic acids is 1. The molecule has 2 aromatic carbocycles. The van der Waals surface area contributed by atoms with Crippen molar-refractivity contribution in [3.05, 3.63) is 57.6 Å². The van der Waals surface area contributed by atoms with Crippen LogP contribution in [0.4, 0.5) is 5.69 Å². The van der Waals surface area contributed by atoms with Gasteiger partial charge < -0.3 is 10.1 Å². The van der Waals surface area contributed by atoms with Crippen LogP contribution in [0.25, 0.3) is 0 Å². The van der Waals surface area contributed by atoms with E-state index in [4.69, 9.17) is 17.0 Å². The molecule has 0 heterocycles. The van der Waals surface area contributed by atoms with Crippen LogP contribution in [0.2, 0.25) is 0 Å². The molecule has 4 nitrogen and oxygen atoms in total. The maximum atomic E-state index is 12.0. The van der Waals surface area contributed by atoms with Gasteiger partial charge in [0.25, 0.3) is 5.91 Å². The molecule has 2 aromatic rings. The number of hydrogen-bond donors (Lipinski definition) is 2. The Hall–Kier alpha value is -1.92. The van der Waals surface area contributed by atoms with E-state index in [0.717, 1.165) is 21.3 Å². The highest BCUT2D eigenvalue weighted by atomic mass is 79.9. The number of carbonyl (C=O) groups is 1. The molecule has 0 bridgehead atoms. The summed E-state index contributed by atoms with van der Waals surface area (Å²) in [4.78, 5) is 12.0. The van der Waals surface area contributed by atoms with Crippen LogP contribution in [-0.4, -0.2) is 17.6 Å². The van der Waals surface area contributed by atoms with Gasteiger partial charge in [-0.05, 0) is 68.4 Å². The van der Waals surface area contributed by atoms with Gasteiger partial charge >= 0.3 is 0 Å². The first-order valence-corrected chi connectivity index (χ1v) is 8.62. The van der Waals surface area contributed by atoms with Gasteiger partial charge in [0.2, 0.25) is 0 Å². The number of amides is 1. The number of halogens is 1. The van der Waals surface area contributed by atoms with E-state index in [1.165, 1.54) is 5.56 Å². The fourth-order valence-corrected chi connectivity index (χ4v) is 2.89. The Morgan fingerprint density at radius 3 is 2.54 bits per heavy atom. The lowest BCUT2D eigenvalue weighted by atomic mass is 10.1. The second-order valence-electron chi connectivity index (χ2n) is 5.52. The maximum absolute atomic E-state index is 12.0. The van der Waals surface area contributed by atoms with Gasteiger partial charge in [-0.25, -0.2) is 0 Å².